The minimum absolute atomic E-state index is 0.596. The molecule has 0 spiro atoms. The molecule has 0 bridgehead atoms. The molecule has 2 atom stereocenters. The van der Waals surface area contributed by atoms with Gasteiger partial charge in [0.15, 0.2) is 0 Å². The summed E-state index contributed by atoms with van der Waals surface area (Å²) in [6.45, 7) is 6.60. The van der Waals surface area contributed by atoms with Crippen LogP contribution in [0.3, 0.4) is 0 Å². The van der Waals surface area contributed by atoms with Crippen molar-refractivity contribution in [2.75, 3.05) is 24.2 Å². The van der Waals surface area contributed by atoms with Crippen LogP contribution in [0.2, 0.25) is 0 Å². The van der Waals surface area contributed by atoms with Crippen LogP contribution < -0.4 is 10.2 Å². The Kier molecular flexibility index (Phi) is 4.29. The summed E-state index contributed by atoms with van der Waals surface area (Å²) in [6.07, 6.45) is 1.92. The van der Waals surface area contributed by atoms with Gasteiger partial charge in [-0.25, -0.2) is 0 Å². The summed E-state index contributed by atoms with van der Waals surface area (Å²) in [5.41, 5.74) is 2.42. The topological polar surface area (TPSA) is 28.2 Å². The second-order valence-corrected chi connectivity index (χ2v) is 6.03. The molecule has 1 aromatic rings. The van der Waals surface area contributed by atoms with E-state index in [1.807, 2.05) is 13.2 Å². The fraction of sp³-hybridized carbons (Fsp3) is 0.615. The largest absolute Gasteiger partial charge is 0.367 e. The molecule has 0 amide bonds. The van der Waals surface area contributed by atoms with Crippen LogP contribution in [0.15, 0.2) is 18.3 Å². The van der Waals surface area contributed by atoms with E-state index in [1.165, 1.54) is 11.4 Å². The summed E-state index contributed by atoms with van der Waals surface area (Å²) >= 11 is 2.07. The number of hydrogen-bond acceptors (Lipinski definition) is 4. The molecule has 1 aromatic heterocycles. The molecule has 1 fully saturated rings. The predicted molar refractivity (Wildman–Crippen MR) is 75.7 cm³/mol. The maximum absolute atomic E-state index is 4.37. The fourth-order valence-corrected chi connectivity index (χ4v) is 3.32. The zero-order valence-electron chi connectivity index (χ0n) is 10.8. The number of nitrogens with zero attached hydrogens (tertiary/aromatic N) is 2. The molecule has 1 aliphatic heterocycles. The lowest BCUT2D eigenvalue weighted by molar-refractivity contribution is 0.626. The van der Waals surface area contributed by atoms with E-state index in [0.717, 1.165) is 18.8 Å². The van der Waals surface area contributed by atoms with Gasteiger partial charge in [-0.3, -0.25) is 4.98 Å². The van der Waals surface area contributed by atoms with Crippen LogP contribution in [0.25, 0.3) is 0 Å². The molecule has 1 saturated heterocycles. The number of nitrogens with one attached hydrogen (secondary N) is 1. The van der Waals surface area contributed by atoms with E-state index in [9.17, 15) is 0 Å². The molecule has 0 aromatic carbocycles. The molecule has 2 heterocycles. The van der Waals surface area contributed by atoms with Crippen molar-refractivity contribution >= 4 is 17.4 Å². The minimum atomic E-state index is 0.596. The third-order valence-corrected chi connectivity index (χ3v) is 4.71. The van der Waals surface area contributed by atoms with E-state index in [2.05, 4.69) is 52.9 Å². The molecule has 4 heteroatoms. The zero-order chi connectivity index (χ0) is 12.3. The van der Waals surface area contributed by atoms with Gasteiger partial charge in [-0.2, -0.15) is 11.8 Å². The van der Waals surface area contributed by atoms with E-state index < -0.39 is 0 Å². The van der Waals surface area contributed by atoms with Crippen molar-refractivity contribution in [1.82, 2.24) is 10.3 Å². The van der Waals surface area contributed by atoms with E-state index in [4.69, 9.17) is 0 Å². The van der Waals surface area contributed by atoms with Crippen molar-refractivity contribution in [3.05, 3.63) is 24.0 Å². The first-order valence-corrected chi connectivity index (χ1v) is 7.25. The summed E-state index contributed by atoms with van der Waals surface area (Å²) in [4.78, 5) is 6.88. The minimum Gasteiger partial charge on any atom is -0.367 e. The van der Waals surface area contributed by atoms with Gasteiger partial charge in [-0.1, -0.05) is 6.92 Å². The number of anilines is 1. The Morgan fingerprint density at radius 1 is 1.53 bits per heavy atom. The average molecular weight is 251 g/mol. The summed E-state index contributed by atoms with van der Waals surface area (Å²) < 4.78 is 0. The molecule has 1 N–H and O–H groups in total. The highest BCUT2D eigenvalue weighted by Gasteiger charge is 2.25. The highest BCUT2D eigenvalue weighted by atomic mass is 32.2. The lowest BCUT2D eigenvalue weighted by atomic mass is 10.1. The third-order valence-electron chi connectivity index (χ3n) is 3.37. The van der Waals surface area contributed by atoms with Gasteiger partial charge in [0.05, 0.1) is 5.69 Å². The van der Waals surface area contributed by atoms with Crippen LogP contribution in [0.1, 0.15) is 19.5 Å². The van der Waals surface area contributed by atoms with Crippen molar-refractivity contribution in [2.24, 2.45) is 0 Å². The van der Waals surface area contributed by atoms with Crippen LogP contribution in [0.5, 0.6) is 0 Å². The van der Waals surface area contributed by atoms with Gasteiger partial charge in [0.1, 0.15) is 0 Å². The van der Waals surface area contributed by atoms with E-state index in [-0.39, 0.29) is 0 Å². The highest BCUT2D eigenvalue weighted by molar-refractivity contribution is 8.00. The Labute approximate surface area is 108 Å². The van der Waals surface area contributed by atoms with Crippen LogP contribution in [0, 0.1) is 0 Å². The van der Waals surface area contributed by atoms with Crippen LogP contribution in [0.4, 0.5) is 5.69 Å². The third kappa shape index (κ3) is 2.93. The fourth-order valence-electron chi connectivity index (χ4n) is 2.22. The number of aromatic nitrogens is 1. The van der Waals surface area contributed by atoms with Gasteiger partial charge in [0, 0.05) is 42.0 Å². The van der Waals surface area contributed by atoms with Crippen LogP contribution in [-0.4, -0.2) is 35.6 Å². The maximum Gasteiger partial charge on any atom is 0.0562 e. The lowest BCUT2D eigenvalue weighted by Gasteiger charge is -2.39. The highest BCUT2D eigenvalue weighted by Crippen LogP contribution is 2.28. The number of pyridine rings is 1. The Morgan fingerprint density at radius 2 is 2.35 bits per heavy atom. The number of hydrogen-bond donors (Lipinski definition) is 1. The predicted octanol–water partition coefficient (Wildman–Crippen LogP) is 2.13. The van der Waals surface area contributed by atoms with Gasteiger partial charge < -0.3 is 10.2 Å². The van der Waals surface area contributed by atoms with Crippen molar-refractivity contribution in [3.63, 3.8) is 0 Å². The van der Waals surface area contributed by atoms with Crippen molar-refractivity contribution in [3.8, 4) is 0 Å². The van der Waals surface area contributed by atoms with Crippen molar-refractivity contribution in [1.29, 1.82) is 0 Å². The second kappa shape index (κ2) is 5.74. The van der Waals surface area contributed by atoms with Crippen LogP contribution >= 0.6 is 11.8 Å². The van der Waals surface area contributed by atoms with E-state index in [1.54, 1.807) is 0 Å². The molecular weight excluding hydrogens is 230 g/mol. The molecule has 0 aliphatic carbocycles. The second-order valence-electron chi connectivity index (χ2n) is 4.55. The van der Waals surface area contributed by atoms with Gasteiger partial charge in [-0.05, 0) is 26.1 Å². The van der Waals surface area contributed by atoms with E-state index in [0.29, 0.717) is 11.3 Å². The van der Waals surface area contributed by atoms with Gasteiger partial charge in [0.2, 0.25) is 0 Å². The average Bonchev–Trinajstić information content (AvgIpc) is 2.33. The molecule has 2 rings (SSSR count). The molecule has 0 saturated carbocycles. The van der Waals surface area contributed by atoms with Crippen LogP contribution in [-0.2, 0) is 6.54 Å². The quantitative estimate of drug-likeness (QED) is 0.891. The van der Waals surface area contributed by atoms with Gasteiger partial charge in [0.25, 0.3) is 0 Å². The van der Waals surface area contributed by atoms with Gasteiger partial charge >= 0.3 is 0 Å². The monoisotopic (exact) mass is 251 g/mol. The van der Waals surface area contributed by atoms with Crippen molar-refractivity contribution in [2.45, 2.75) is 31.7 Å². The Morgan fingerprint density at radius 3 is 3.12 bits per heavy atom. The van der Waals surface area contributed by atoms with E-state index >= 15 is 0 Å². The molecular formula is C13H21N3S. The number of thioether (sulfide) groups is 1. The first kappa shape index (κ1) is 12.7. The summed E-state index contributed by atoms with van der Waals surface area (Å²) in [5, 5.41) is 3.85. The summed E-state index contributed by atoms with van der Waals surface area (Å²) in [5.74, 6) is 1.22. The Bertz CT molecular complexity index is 369. The molecule has 17 heavy (non-hydrogen) atoms. The lowest BCUT2D eigenvalue weighted by Crippen LogP contribution is -2.44. The first-order chi connectivity index (χ1) is 8.22. The molecule has 2 unspecified atom stereocenters. The first-order valence-electron chi connectivity index (χ1n) is 6.20. The summed E-state index contributed by atoms with van der Waals surface area (Å²) in [7, 11) is 1.95. The Hall–Kier alpha value is -0.740. The van der Waals surface area contributed by atoms with Crippen molar-refractivity contribution < 1.29 is 0 Å². The van der Waals surface area contributed by atoms with Gasteiger partial charge in [-0.15, -0.1) is 0 Å². The maximum atomic E-state index is 4.37. The zero-order valence-corrected chi connectivity index (χ0v) is 11.6. The molecule has 1 aliphatic rings. The standard InChI is InChI=1S/C13H21N3S/c1-10-11(2)17-7-6-16(10)13-4-5-15-12(8-13)9-14-3/h4-5,8,10-11,14H,6-7,9H2,1-3H3. The molecule has 3 nitrogen and oxygen atoms in total. The SMILES string of the molecule is CNCc1cc(N2CCSC(C)C2C)ccn1. The molecule has 94 valence electrons. The normalized spacial score (nSPS) is 25.0. The Balaban J connectivity index is 2.17. The number of rotatable bonds is 3. The smallest absolute Gasteiger partial charge is 0.0562 e. The molecule has 0 radical (unpaired) electrons. The summed E-state index contributed by atoms with van der Waals surface area (Å²) in [6, 6.07) is 4.92.